The summed E-state index contributed by atoms with van der Waals surface area (Å²) in [5.41, 5.74) is 4.18. The molecule has 2 aromatic carbocycles. The molecule has 0 spiro atoms. The van der Waals surface area contributed by atoms with Crippen molar-refractivity contribution in [3.05, 3.63) is 82.0 Å². The van der Waals surface area contributed by atoms with Gasteiger partial charge in [0.1, 0.15) is 0 Å². The standard InChI is InChI=1S/C24H24ClN3O/c1-26-18-28(16-20-9-11-21(25)12-10-20)24(29)22-17-27(15-13-23(22)26)14-5-8-19-6-3-2-4-7-19/h2-4,6-7,9-12H,13-18H2,1H3. The van der Waals surface area contributed by atoms with Crippen LogP contribution in [0.4, 0.5) is 0 Å². The first-order valence-corrected chi connectivity index (χ1v) is 10.2. The third-order valence-electron chi connectivity index (χ3n) is 5.38. The van der Waals surface area contributed by atoms with Crippen LogP contribution >= 0.6 is 11.6 Å². The Labute approximate surface area is 177 Å². The fraction of sp³-hybridized carbons (Fsp3) is 0.292. The van der Waals surface area contributed by atoms with Crippen molar-refractivity contribution in [2.24, 2.45) is 0 Å². The predicted molar refractivity (Wildman–Crippen MR) is 116 cm³/mol. The number of amides is 1. The van der Waals surface area contributed by atoms with E-state index in [1.54, 1.807) is 0 Å². The third-order valence-corrected chi connectivity index (χ3v) is 5.63. The Hall–Kier alpha value is -2.74. The van der Waals surface area contributed by atoms with Crippen LogP contribution in [0.15, 0.2) is 65.9 Å². The normalized spacial score (nSPS) is 17.1. The quantitative estimate of drug-likeness (QED) is 0.730. The molecule has 0 aliphatic carbocycles. The Morgan fingerprint density at radius 1 is 1.07 bits per heavy atom. The van der Waals surface area contributed by atoms with E-state index in [2.05, 4.69) is 28.7 Å². The Kier molecular flexibility index (Phi) is 5.89. The molecular weight excluding hydrogens is 382 g/mol. The highest BCUT2D eigenvalue weighted by molar-refractivity contribution is 6.30. The van der Waals surface area contributed by atoms with E-state index in [4.69, 9.17) is 11.6 Å². The van der Waals surface area contributed by atoms with Crippen LogP contribution in [0.25, 0.3) is 0 Å². The molecule has 2 aliphatic heterocycles. The highest BCUT2D eigenvalue weighted by atomic mass is 35.5. The Balaban J connectivity index is 1.44. The third kappa shape index (κ3) is 4.64. The largest absolute Gasteiger partial charge is 0.360 e. The lowest BCUT2D eigenvalue weighted by Crippen LogP contribution is -2.50. The van der Waals surface area contributed by atoms with Crippen LogP contribution in [0.2, 0.25) is 5.02 Å². The monoisotopic (exact) mass is 405 g/mol. The zero-order chi connectivity index (χ0) is 20.2. The van der Waals surface area contributed by atoms with Gasteiger partial charge < -0.3 is 9.80 Å². The van der Waals surface area contributed by atoms with Gasteiger partial charge in [0.2, 0.25) is 0 Å². The maximum absolute atomic E-state index is 13.2. The predicted octanol–water partition coefficient (Wildman–Crippen LogP) is 3.58. The van der Waals surface area contributed by atoms with Crippen LogP contribution in [0.5, 0.6) is 0 Å². The van der Waals surface area contributed by atoms with E-state index in [0.29, 0.717) is 31.3 Å². The minimum absolute atomic E-state index is 0.133. The van der Waals surface area contributed by atoms with Gasteiger partial charge in [-0.3, -0.25) is 9.69 Å². The number of hydrogen-bond acceptors (Lipinski definition) is 3. The summed E-state index contributed by atoms with van der Waals surface area (Å²) in [5, 5.41) is 0.709. The van der Waals surface area contributed by atoms with Gasteiger partial charge in [-0.2, -0.15) is 0 Å². The summed E-state index contributed by atoms with van der Waals surface area (Å²) in [6.07, 6.45) is 0.888. The van der Waals surface area contributed by atoms with E-state index in [0.717, 1.165) is 29.7 Å². The van der Waals surface area contributed by atoms with E-state index in [1.165, 1.54) is 5.70 Å². The molecule has 2 heterocycles. The Morgan fingerprint density at radius 3 is 2.59 bits per heavy atom. The van der Waals surface area contributed by atoms with Crippen LogP contribution in [-0.2, 0) is 11.3 Å². The van der Waals surface area contributed by atoms with Crippen LogP contribution in [-0.4, -0.2) is 54.0 Å². The number of benzene rings is 2. The lowest BCUT2D eigenvalue weighted by molar-refractivity contribution is -0.131. The van der Waals surface area contributed by atoms with E-state index >= 15 is 0 Å². The second-order valence-corrected chi connectivity index (χ2v) is 7.96. The first kappa shape index (κ1) is 19.6. The van der Waals surface area contributed by atoms with Crippen molar-refractivity contribution in [1.82, 2.24) is 14.7 Å². The molecule has 0 radical (unpaired) electrons. The molecule has 29 heavy (non-hydrogen) atoms. The summed E-state index contributed by atoms with van der Waals surface area (Å²) < 4.78 is 0. The molecular formula is C24H24ClN3O. The van der Waals surface area contributed by atoms with Crippen molar-refractivity contribution in [3.63, 3.8) is 0 Å². The first-order valence-electron chi connectivity index (χ1n) is 9.83. The molecule has 0 unspecified atom stereocenters. The SMILES string of the molecule is CN1CN(Cc2ccc(Cl)cc2)C(=O)C2=C1CCN(CC#Cc1ccccc1)C2. The number of nitrogens with zero attached hydrogens (tertiary/aromatic N) is 3. The summed E-state index contributed by atoms with van der Waals surface area (Å²) in [5.74, 6) is 6.59. The van der Waals surface area contributed by atoms with Gasteiger partial charge in [-0.1, -0.05) is 53.8 Å². The molecule has 0 saturated carbocycles. The highest BCUT2D eigenvalue weighted by Crippen LogP contribution is 2.27. The van der Waals surface area contributed by atoms with Crippen molar-refractivity contribution in [2.75, 3.05) is 33.4 Å². The topological polar surface area (TPSA) is 26.8 Å². The smallest absolute Gasteiger partial charge is 0.254 e. The average Bonchev–Trinajstić information content (AvgIpc) is 2.74. The van der Waals surface area contributed by atoms with Gasteiger partial charge in [0.25, 0.3) is 5.91 Å². The molecule has 4 rings (SSSR count). The van der Waals surface area contributed by atoms with Crippen molar-refractivity contribution in [2.45, 2.75) is 13.0 Å². The van der Waals surface area contributed by atoms with Gasteiger partial charge >= 0.3 is 0 Å². The zero-order valence-corrected chi connectivity index (χ0v) is 17.3. The Morgan fingerprint density at radius 2 is 1.83 bits per heavy atom. The minimum atomic E-state index is 0.133. The van der Waals surface area contributed by atoms with Gasteiger partial charge in [-0.05, 0) is 29.8 Å². The van der Waals surface area contributed by atoms with E-state index in [9.17, 15) is 4.79 Å². The van der Waals surface area contributed by atoms with Crippen LogP contribution < -0.4 is 0 Å². The maximum atomic E-state index is 13.2. The van der Waals surface area contributed by atoms with Crippen molar-refractivity contribution in [1.29, 1.82) is 0 Å². The van der Waals surface area contributed by atoms with Crippen molar-refractivity contribution in [3.8, 4) is 11.8 Å². The van der Waals surface area contributed by atoms with Crippen molar-refractivity contribution < 1.29 is 4.79 Å². The maximum Gasteiger partial charge on any atom is 0.254 e. The molecule has 0 bridgehead atoms. The van der Waals surface area contributed by atoms with Gasteiger partial charge in [0.15, 0.2) is 0 Å². The lowest BCUT2D eigenvalue weighted by Gasteiger charge is -2.42. The summed E-state index contributed by atoms with van der Waals surface area (Å²) in [4.78, 5) is 19.5. The fourth-order valence-electron chi connectivity index (χ4n) is 3.86. The highest BCUT2D eigenvalue weighted by Gasteiger charge is 2.33. The first-order chi connectivity index (χ1) is 14.1. The molecule has 0 atom stereocenters. The van der Waals surface area contributed by atoms with Crippen LogP contribution in [0, 0.1) is 11.8 Å². The average molecular weight is 406 g/mol. The summed E-state index contributed by atoms with van der Waals surface area (Å²) in [6, 6.07) is 17.7. The second kappa shape index (κ2) is 8.73. The van der Waals surface area contributed by atoms with E-state index < -0.39 is 0 Å². The summed E-state index contributed by atoms with van der Waals surface area (Å²) >= 11 is 5.98. The molecule has 2 aliphatic rings. The number of rotatable bonds is 3. The molecule has 0 N–H and O–H groups in total. The molecule has 1 amide bonds. The van der Waals surface area contributed by atoms with Gasteiger partial charge in [0.05, 0.1) is 18.8 Å². The van der Waals surface area contributed by atoms with E-state index in [-0.39, 0.29) is 5.91 Å². The molecule has 5 heteroatoms. The summed E-state index contributed by atoms with van der Waals surface area (Å²) in [7, 11) is 2.07. The molecule has 0 fully saturated rings. The zero-order valence-electron chi connectivity index (χ0n) is 16.6. The second-order valence-electron chi connectivity index (χ2n) is 7.52. The molecule has 0 saturated heterocycles. The minimum Gasteiger partial charge on any atom is -0.360 e. The number of halogens is 1. The molecule has 4 nitrogen and oxygen atoms in total. The van der Waals surface area contributed by atoms with Crippen molar-refractivity contribution >= 4 is 17.5 Å². The lowest BCUT2D eigenvalue weighted by atomic mass is 10.0. The van der Waals surface area contributed by atoms with Crippen LogP contribution in [0.3, 0.4) is 0 Å². The summed E-state index contributed by atoms with van der Waals surface area (Å²) in [6.45, 7) is 3.45. The van der Waals surface area contributed by atoms with E-state index in [1.807, 2.05) is 59.5 Å². The molecule has 148 valence electrons. The molecule has 2 aromatic rings. The van der Waals surface area contributed by atoms with Gasteiger partial charge in [-0.25, -0.2) is 0 Å². The van der Waals surface area contributed by atoms with Crippen LogP contribution in [0.1, 0.15) is 17.5 Å². The number of carbonyl (C=O) groups excluding carboxylic acids is 1. The number of hydrogen-bond donors (Lipinski definition) is 0. The Bertz CT molecular complexity index is 973. The fourth-order valence-corrected chi connectivity index (χ4v) is 3.99. The van der Waals surface area contributed by atoms with Gasteiger partial charge in [0, 0.05) is 49.4 Å². The number of carbonyl (C=O) groups is 1. The molecule has 0 aromatic heterocycles. The van der Waals surface area contributed by atoms with Gasteiger partial charge in [-0.15, -0.1) is 0 Å².